The Bertz CT molecular complexity index is 837. The standard InChI is InChI=1S/C16H16N6O/c23-9-10-4-6-12(7-5-10)19-16-20-14(18-11-2-1-3-11)13-8-17-22-15(13)21-16/h4-9,11H,1-3H2,(H3,17,18,19,20,21,22). The lowest BCUT2D eigenvalue weighted by Gasteiger charge is -2.27. The second-order valence-corrected chi connectivity index (χ2v) is 5.67. The van der Waals surface area contributed by atoms with Crippen LogP contribution in [-0.4, -0.2) is 32.5 Å². The highest BCUT2D eigenvalue weighted by Gasteiger charge is 2.19. The monoisotopic (exact) mass is 308 g/mol. The van der Waals surface area contributed by atoms with Crippen molar-refractivity contribution in [2.45, 2.75) is 25.3 Å². The molecule has 3 N–H and O–H groups in total. The molecule has 1 fully saturated rings. The zero-order chi connectivity index (χ0) is 15.6. The van der Waals surface area contributed by atoms with Crippen LogP contribution in [0.4, 0.5) is 17.5 Å². The molecule has 0 saturated heterocycles. The Morgan fingerprint density at radius 2 is 2.00 bits per heavy atom. The number of rotatable bonds is 5. The van der Waals surface area contributed by atoms with Gasteiger partial charge in [0.15, 0.2) is 5.65 Å². The van der Waals surface area contributed by atoms with Gasteiger partial charge in [0.2, 0.25) is 5.95 Å². The maximum Gasteiger partial charge on any atom is 0.231 e. The molecule has 0 radical (unpaired) electrons. The first-order valence-corrected chi connectivity index (χ1v) is 7.62. The van der Waals surface area contributed by atoms with Gasteiger partial charge in [-0.15, -0.1) is 0 Å². The predicted octanol–water partition coefficient (Wildman–Crippen LogP) is 2.87. The van der Waals surface area contributed by atoms with E-state index in [4.69, 9.17) is 0 Å². The van der Waals surface area contributed by atoms with E-state index >= 15 is 0 Å². The number of aromatic nitrogens is 4. The Balaban J connectivity index is 1.64. The Morgan fingerprint density at radius 3 is 2.70 bits per heavy atom. The molecule has 7 heteroatoms. The summed E-state index contributed by atoms with van der Waals surface area (Å²) in [5, 5.41) is 14.4. The Labute approximate surface area is 132 Å². The molecule has 116 valence electrons. The third-order valence-corrected chi connectivity index (χ3v) is 4.06. The number of nitrogens with one attached hydrogen (secondary N) is 3. The van der Waals surface area contributed by atoms with Crippen LogP contribution >= 0.6 is 0 Å². The van der Waals surface area contributed by atoms with Crippen molar-refractivity contribution in [3.8, 4) is 0 Å². The van der Waals surface area contributed by atoms with Gasteiger partial charge >= 0.3 is 0 Å². The van der Waals surface area contributed by atoms with Crippen molar-refractivity contribution in [1.82, 2.24) is 20.2 Å². The fraction of sp³-hybridized carbons (Fsp3) is 0.250. The molecule has 2 heterocycles. The van der Waals surface area contributed by atoms with Gasteiger partial charge in [-0.2, -0.15) is 15.1 Å². The Kier molecular flexibility index (Phi) is 3.38. The summed E-state index contributed by atoms with van der Waals surface area (Å²) in [6, 6.07) is 7.62. The van der Waals surface area contributed by atoms with E-state index in [1.165, 1.54) is 19.3 Å². The number of aromatic amines is 1. The van der Waals surface area contributed by atoms with E-state index in [0.717, 1.165) is 23.2 Å². The van der Waals surface area contributed by atoms with Crippen LogP contribution in [0, 0.1) is 0 Å². The molecule has 1 aliphatic rings. The average molecular weight is 308 g/mol. The van der Waals surface area contributed by atoms with Gasteiger partial charge in [-0.1, -0.05) is 0 Å². The number of anilines is 3. The Hall–Kier alpha value is -2.96. The number of hydrogen-bond acceptors (Lipinski definition) is 6. The van der Waals surface area contributed by atoms with Gasteiger partial charge in [-0.05, 0) is 43.5 Å². The Morgan fingerprint density at radius 1 is 1.17 bits per heavy atom. The maximum absolute atomic E-state index is 10.7. The molecule has 0 atom stereocenters. The van der Waals surface area contributed by atoms with Crippen LogP contribution in [0.1, 0.15) is 29.6 Å². The van der Waals surface area contributed by atoms with Crippen molar-refractivity contribution >= 4 is 34.8 Å². The number of nitrogens with zero attached hydrogens (tertiary/aromatic N) is 3. The van der Waals surface area contributed by atoms with Crippen molar-refractivity contribution in [2.75, 3.05) is 10.6 Å². The van der Waals surface area contributed by atoms with Crippen LogP contribution in [-0.2, 0) is 0 Å². The molecule has 0 unspecified atom stereocenters. The summed E-state index contributed by atoms with van der Waals surface area (Å²) in [5.41, 5.74) is 2.14. The van der Waals surface area contributed by atoms with E-state index in [-0.39, 0.29) is 0 Å². The van der Waals surface area contributed by atoms with E-state index < -0.39 is 0 Å². The van der Waals surface area contributed by atoms with Crippen LogP contribution in [0.5, 0.6) is 0 Å². The lowest BCUT2D eigenvalue weighted by molar-refractivity contribution is 0.112. The third-order valence-electron chi connectivity index (χ3n) is 4.06. The first-order chi connectivity index (χ1) is 11.3. The molecule has 1 aromatic carbocycles. The number of fused-ring (bicyclic) bond motifs is 1. The van der Waals surface area contributed by atoms with Crippen molar-refractivity contribution < 1.29 is 4.79 Å². The van der Waals surface area contributed by atoms with Gasteiger partial charge in [-0.25, -0.2) is 0 Å². The summed E-state index contributed by atoms with van der Waals surface area (Å²) < 4.78 is 0. The number of carbonyl (C=O) groups excluding carboxylic acids is 1. The molecule has 7 nitrogen and oxygen atoms in total. The molecule has 0 spiro atoms. The van der Waals surface area contributed by atoms with Crippen LogP contribution in [0.25, 0.3) is 11.0 Å². The smallest absolute Gasteiger partial charge is 0.231 e. The minimum absolute atomic E-state index is 0.475. The molecule has 0 aliphatic heterocycles. The fourth-order valence-electron chi connectivity index (χ4n) is 2.52. The minimum atomic E-state index is 0.475. The number of carbonyl (C=O) groups is 1. The molecular weight excluding hydrogens is 292 g/mol. The van der Waals surface area contributed by atoms with Crippen molar-refractivity contribution in [1.29, 1.82) is 0 Å². The van der Waals surface area contributed by atoms with Crippen LogP contribution in [0.15, 0.2) is 30.5 Å². The van der Waals surface area contributed by atoms with Gasteiger partial charge < -0.3 is 10.6 Å². The number of hydrogen-bond donors (Lipinski definition) is 3. The number of benzene rings is 1. The van der Waals surface area contributed by atoms with Crippen molar-refractivity contribution in [2.24, 2.45) is 0 Å². The summed E-state index contributed by atoms with van der Waals surface area (Å²) in [5.74, 6) is 1.28. The summed E-state index contributed by atoms with van der Waals surface area (Å²) in [6.45, 7) is 0. The largest absolute Gasteiger partial charge is 0.367 e. The lowest BCUT2D eigenvalue weighted by atomic mass is 9.93. The fourth-order valence-corrected chi connectivity index (χ4v) is 2.52. The minimum Gasteiger partial charge on any atom is -0.367 e. The SMILES string of the molecule is O=Cc1ccc(Nc2nc(NC3CCC3)c3cn[nH]c3n2)cc1. The first kappa shape index (κ1) is 13.7. The van der Waals surface area contributed by atoms with Gasteiger partial charge in [0, 0.05) is 17.3 Å². The van der Waals surface area contributed by atoms with Gasteiger partial charge in [-0.3, -0.25) is 9.89 Å². The normalized spacial score (nSPS) is 14.4. The summed E-state index contributed by atoms with van der Waals surface area (Å²) in [6.07, 6.45) is 6.14. The molecule has 23 heavy (non-hydrogen) atoms. The number of aldehydes is 1. The molecular formula is C16H16N6O. The summed E-state index contributed by atoms with van der Waals surface area (Å²) in [7, 11) is 0. The molecule has 4 rings (SSSR count). The molecule has 0 bridgehead atoms. The second kappa shape index (κ2) is 5.68. The first-order valence-electron chi connectivity index (χ1n) is 7.62. The second-order valence-electron chi connectivity index (χ2n) is 5.67. The molecule has 2 aromatic heterocycles. The predicted molar refractivity (Wildman–Crippen MR) is 88.1 cm³/mol. The van der Waals surface area contributed by atoms with Crippen LogP contribution in [0.3, 0.4) is 0 Å². The highest BCUT2D eigenvalue weighted by Crippen LogP contribution is 2.27. The van der Waals surface area contributed by atoms with Gasteiger partial charge in [0.05, 0.1) is 11.6 Å². The third kappa shape index (κ3) is 2.73. The molecule has 1 aliphatic carbocycles. The van der Waals surface area contributed by atoms with Gasteiger partial charge in [0.1, 0.15) is 12.1 Å². The molecule has 3 aromatic rings. The highest BCUT2D eigenvalue weighted by atomic mass is 16.1. The summed E-state index contributed by atoms with van der Waals surface area (Å²) in [4.78, 5) is 19.7. The quantitative estimate of drug-likeness (QED) is 0.627. The zero-order valence-corrected chi connectivity index (χ0v) is 12.4. The topological polar surface area (TPSA) is 95.6 Å². The zero-order valence-electron chi connectivity index (χ0n) is 12.4. The average Bonchev–Trinajstić information content (AvgIpc) is 3.00. The van der Waals surface area contributed by atoms with Gasteiger partial charge in [0.25, 0.3) is 0 Å². The number of H-pyrrole nitrogens is 1. The van der Waals surface area contributed by atoms with E-state index in [1.807, 2.05) is 12.1 Å². The highest BCUT2D eigenvalue weighted by molar-refractivity contribution is 5.87. The van der Waals surface area contributed by atoms with E-state index in [2.05, 4.69) is 30.8 Å². The van der Waals surface area contributed by atoms with Crippen LogP contribution in [0.2, 0.25) is 0 Å². The maximum atomic E-state index is 10.7. The van der Waals surface area contributed by atoms with Crippen LogP contribution < -0.4 is 10.6 Å². The molecule has 1 saturated carbocycles. The summed E-state index contributed by atoms with van der Waals surface area (Å²) >= 11 is 0. The molecule has 0 amide bonds. The van der Waals surface area contributed by atoms with E-state index in [1.54, 1.807) is 18.3 Å². The van der Waals surface area contributed by atoms with E-state index in [0.29, 0.717) is 23.2 Å². The lowest BCUT2D eigenvalue weighted by Crippen LogP contribution is -2.27. The van der Waals surface area contributed by atoms with E-state index in [9.17, 15) is 4.79 Å². The van der Waals surface area contributed by atoms with Crippen molar-refractivity contribution in [3.05, 3.63) is 36.0 Å². The van der Waals surface area contributed by atoms with Crippen molar-refractivity contribution in [3.63, 3.8) is 0 Å².